The van der Waals surface area contributed by atoms with Crippen LogP contribution in [-0.2, 0) is 16.4 Å². The molecule has 0 aromatic heterocycles. The summed E-state index contributed by atoms with van der Waals surface area (Å²) in [6.07, 6.45) is 3.18. The van der Waals surface area contributed by atoms with Gasteiger partial charge in [-0.25, -0.2) is 13.1 Å². The maximum Gasteiger partial charge on any atom is 0.240 e. The van der Waals surface area contributed by atoms with Crippen molar-refractivity contribution >= 4 is 15.7 Å². The number of nitrogens with one attached hydrogen (secondary N) is 1. The first-order chi connectivity index (χ1) is 13.0. The fraction of sp³-hybridized carbons (Fsp3) is 0.429. The Hall–Kier alpha value is -2.05. The molecule has 1 N–H and O–H groups in total. The second-order valence-corrected chi connectivity index (χ2v) is 8.64. The van der Waals surface area contributed by atoms with Crippen LogP contribution < -0.4 is 14.4 Å². The van der Waals surface area contributed by atoms with Gasteiger partial charge in [-0.05, 0) is 74.6 Å². The summed E-state index contributed by atoms with van der Waals surface area (Å²) < 4.78 is 33.2. The minimum atomic E-state index is -3.52. The van der Waals surface area contributed by atoms with Gasteiger partial charge >= 0.3 is 0 Å². The Labute approximate surface area is 162 Å². The van der Waals surface area contributed by atoms with Crippen LogP contribution in [0.1, 0.15) is 30.9 Å². The maximum atomic E-state index is 12.5. The van der Waals surface area contributed by atoms with Crippen molar-refractivity contribution in [3.8, 4) is 5.75 Å². The highest BCUT2D eigenvalue weighted by molar-refractivity contribution is 7.89. The lowest BCUT2D eigenvalue weighted by molar-refractivity contribution is 0.337. The van der Waals surface area contributed by atoms with Gasteiger partial charge in [0, 0.05) is 25.3 Å². The van der Waals surface area contributed by atoms with E-state index in [0.717, 1.165) is 30.0 Å². The molecule has 2 aromatic carbocycles. The number of aryl methyl sites for hydroxylation is 1. The van der Waals surface area contributed by atoms with E-state index in [1.807, 2.05) is 13.8 Å². The quantitative estimate of drug-likeness (QED) is 0.752. The van der Waals surface area contributed by atoms with E-state index < -0.39 is 10.0 Å². The summed E-state index contributed by atoms with van der Waals surface area (Å²) >= 11 is 0. The van der Waals surface area contributed by atoms with Crippen molar-refractivity contribution in [1.29, 1.82) is 0 Å². The summed E-state index contributed by atoms with van der Waals surface area (Å²) in [5, 5.41) is 0. The summed E-state index contributed by atoms with van der Waals surface area (Å²) in [5.41, 5.74) is 3.20. The fourth-order valence-electron chi connectivity index (χ4n) is 3.37. The van der Waals surface area contributed by atoms with Gasteiger partial charge in [0.05, 0.1) is 11.5 Å². The zero-order valence-corrected chi connectivity index (χ0v) is 16.9. The van der Waals surface area contributed by atoms with E-state index in [-0.39, 0.29) is 4.90 Å². The molecule has 0 atom stereocenters. The van der Waals surface area contributed by atoms with Crippen molar-refractivity contribution in [1.82, 2.24) is 4.72 Å². The van der Waals surface area contributed by atoms with Crippen molar-refractivity contribution in [2.24, 2.45) is 0 Å². The van der Waals surface area contributed by atoms with Crippen LogP contribution in [0.5, 0.6) is 5.75 Å². The molecule has 146 valence electrons. The summed E-state index contributed by atoms with van der Waals surface area (Å²) in [5.74, 6) is 0.717. The third-order valence-electron chi connectivity index (χ3n) is 4.87. The molecule has 0 unspecified atom stereocenters. The lowest BCUT2D eigenvalue weighted by Crippen LogP contribution is -2.26. The van der Waals surface area contributed by atoms with E-state index in [0.29, 0.717) is 19.6 Å². The van der Waals surface area contributed by atoms with Crippen LogP contribution in [0.25, 0.3) is 0 Å². The Morgan fingerprint density at radius 3 is 2.41 bits per heavy atom. The Bertz CT molecular complexity index is 857. The topological polar surface area (TPSA) is 58.6 Å². The summed E-state index contributed by atoms with van der Waals surface area (Å²) in [6, 6.07) is 13.4. The monoisotopic (exact) mass is 388 g/mol. The Morgan fingerprint density at radius 2 is 1.78 bits per heavy atom. The average Bonchev–Trinajstić information content (AvgIpc) is 3.19. The van der Waals surface area contributed by atoms with Crippen molar-refractivity contribution in [2.75, 3.05) is 31.1 Å². The van der Waals surface area contributed by atoms with Crippen molar-refractivity contribution < 1.29 is 13.2 Å². The second kappa shape index (κ2) is 8.76. The van der Waals surface area contributed by atoms with Crippen molar-refractivity contribution in [3.63, 3.8) is 0 Å². The summed E-state index contributed by atoms with van der Waals surface area (Å²) in [4.78, 5) is 2.66. The average molecular weight is 389 g/mol. The molecule has 1 saturated heterocycles. The lowest BCUT2D eigenvalue weighted by Gasteiger charge is -2.17. The number of hydrogen-bond acceptors (Lipinski definition) is 4. The number of rotatable bonds is 8. The molecule has 27 heavy (non-hydrogen) atoms. The van der Waals surface area contributed by atoms with Crippen LogP contribution >= 0.6 is 0 Å². The molecule has 1 aliphatic heterocycles. The molecular weight excluding hydrogens is 360 g/mol. The molecule has 3 rings (SSSR count). The number of sulfonamides is 1. The van der Waals surface area contributed by atoms with Crippen LogP contribution in [0.2, 0.25) is 0 Å². The minimum absolute atomic E-state index is 0.271. The highest BCUT2D eigenvalue weighted by Crippen LogP contribution is 2.22. The normalized spacial score (nSPS) is 14.5. The van der Waals surface area contributed by atoms with E-state index in [9.17, 15) is 8.42 Å². The molecule has 0 radical (unpaired) electrons. The van der Waals surface area contributed by atoms with E-state index >= 15 is 0 Å². The smallest absolute Gasteiger partial charge is 0.240 e. The Morgan fingerprint density at radius 1 is 1.07 bits per heavy atom. The van der Waals surface area contributed by atoms with E-state index in [1.54, 1.807) is 18.2 Å². The zero-order chi connectivity index (χ0) is 19.3. The van der Waals surface area contributed by atoms with Gasteiger partial charge in [-0.1, -0.05) is 12.1 Å². The molecule has 0 spiro atoms. The summed E-state index contributed by atoms with van der Waals surface area (Å²) in [6.45, 7) is 6.94. The molecule has 5 nitrogen and oxygen atoms in total. The van der Waals surface area contributed by atoms with Crippen LogP contribution in [0.4, 0.5) is 5.69 Å². The Kier molecular flexibility index (Phi) is 6.39. The predicted octanol–water partition coefficient (Wildman–Crippen LogP) is 3.51. The highest BCUT2D eigenvalue weighted by Gasteiger charge is 2.15. The van der Waals surface area contributed by atoms with Crippen LogP contribution in [0.15, 0.2) is 47.4 Å². The van der Waals surface area contributed by atoms with Gasteiger partial charge in [-0.3, -0.25) is 0 Å². The zero-order valence-electron chi connectivity index (χ0n) is 16.1. The maximum absolute atomic E-state index is 12.5. The van der Waals surface area contributed by atoms with E-state index in [1.165, 1.54) is 18.5 Å². The third kappa shape index (κ3) is 5.02. The Balaban J connectivity index is 1.56. The summed E-state index contributed by atoms with van der Waals surface area (Å²) in [7, 11) is -3.52. The first-order valence-electron chi connectivity index (χ1n) is 9.56. The van der Waals surface area contributed by atoms with Gasteiger partial charge < -0.3 is 9.64 Å². The molecule has 1 aliphatic rings. The molecule has 1 heterocycles. The predicted molar refractivity (Wildman–Crippen MR) is 109 cm³/mol. The first-order valence-corrected chi connectivity index (χ1v) is 11.0. The van der Waals surface area contributed by atoms with Gasteiger partial charge in [0.25, 0.3) is 0 Å². The lowest BCUT2D eigenvalue weighted by atomic mass is 10.1. The van der Waals surface area contributed by atoms with Gasteiger partial charge in [0.1, 0.15) is 5.75 Å². The van der Waals surface area contributed by atoms with Crippen LogP contribution in [0.3, 0.4) is 0 Å². The van der Waals surface area contributed by atoms with E-state index in [2.05, 4.69) is 33.9 Å². The SMILES string of the molecule is CCOc1ccc(S(=O)(=O)NCCc2ccc(N3CCCC3)cc2)cc1C. The van der Waals surface area contributed by atoms with Crippen molar-refractivity contribution in [2.45, 2.75) is 38.0 Å². The largest absolute Gasteiger partial charge is 0.494 e. The molecular formula is C21H28N2O3S. The molecule has 0 amide bonds. The molecule has 0 saturated carbocycles. The molecule has 2 aromatic rings. The van der Waals surface area contributed by atoms with Gasteiger partial charge in [0.2, 0.25) is 10.0 Å². The minimum Gasteiger partial charge on any atom is -0.494 e. The van der Waals surface area contributed by atoms with Gasteiger partial charge in [-0.2, -0.15) is 0 Å². The number of anilines is 1. The standard InChI is InChI=1S/C21H28N2O3S/c1-3-26-21-11-10-20(16-17(21)2)27(24,25)22-13-12-18-6-8-19(9-7-18)23-14-4-5-15-23/h6-11,16,22H,3-5,12-15H2,1-2H3. The number of hydrogen-bond donors (Lipinski definition) is 1. The molecule has 0 aliphatic carbocycles. The van der Waals surface area contributed by atoms with Gasteiger partial charge in [-0.15, -0.1) is 0 Å². The van der Waals surface area contributed by atoms with E-state index in [4.69, 9.17) is 4.74 Å². The third-order valence-corrected chi connectivity index (χ3v) is 6.33. The fourth-order valence-corrected chi connectivity index (χ4v) is 4.48. The van der Waals surface area contributed by atoms with Crippen LogP contribution in [-0.4, -0.2) is 34.7 Å². The number of nitrogens with zero attached hydrogens (tertiary/aromatic N) is 1. The number of benzene rings is 2. The van der Waals surface area contributed by atoms with Crippen LogP contribution in [0, 0.1) is 6.92 Å². The van der Waals surface area contributed by atoms with Gasteiger partial charge in [0.15, 0.2) is 0 Å². The molecule has 0 bridgehead atoms. The first kappa shape index (κ1) is 19.7. The molecule has 6 heteroatoms. The van der Waals surface area contributed by atoms with Crippen molar-refractivity contribution in [3.05, 3.63) is 53.6 Å². The highest BCUT2D eigenvalue weighted by atomic mass is 32.2. The molecule has 1 fully saturated rings. The number of ether oxygens (including phenoxy) is 1. The second-order valence-electron chi connectivity index (χ2n) is 6.87.